The van der Waals surface area contributed by atoms with Crippen molar-refractivity contribution >= 4 is 33.7 Å². The second kappa shape index (κ2) is 8.41. The van der Waals surface area contributed by atoms with Gasteiger partial charge in [0.05, 0.1) is 13.2 Å². The van der Waals surface area contributed by atoms with Crippen LogP contribution in [0.1, 0.15) is 29.6 Å². The Labute approximate surface area is 179 Å². The minimum absolute atomic E-state index is 0.127. The number of nitrogens with zero attached hydrogens (tertiary/aromatic N) is 6. The van der Waals surface area contributed by atoms with Crippen molar-refractivity contribution in [2.75, 3.05) is 49.2 Å². The van der Waals surface area contributed by atoms with Gasteiger partial charge >= 0.3 is 0 Å². The molecule has 0 aliphatic carbocycles. The smallest absolute Gasteiger partial charge is 0.162 e. The van der Waals surface area contributed by atoms with E-state index in [1.807, 2.05) is 12.3 Å². The first kappa shape index (κ1) is 19.6. The van der Waals surface area contributed by atoms with Crippen molar-refractivity contribution in [3.8, 4) is 0 Å². The first-order valence-electron chi connectivity index (χ1n) is 10.5. The summed E-state index contributed by atoms with van der Waals surface area (Å²) >= 11 is 1.53. The number of anilines is 2. The number of thiazole rings is 1. The fraction of sp³-hybridized carbons (Fsp3) is 0.524. The normalized spacial score (nSPS) is 21.2. The first-order chi connectivity index (χ1) is 14.7. The number of rotatable bonds is 4. The number of aryl methyl sites for hydroxylation is 1. The molecule has 1 unspecified atom stereocenters. The van der Waals surface area contributed by atoms with E-state index in [1.54, 1.807) is 0 Å². The number of piperidine rings is 1. The van der Waals surface area contributed by atoms with Gasteiger partial charge in [0.2, 0.25) is 0 Å². The van der Waals surface area contributed by atoms with Gasteiger partial charge in [-0.05, 0) is 43.2 Å². The molecule has 0 amide bonds. The maximum absolute atomic E-state index is 10.9. The highest BCUT2D eigenvalue weighted by molar-refractivity contribution is 7.09. The molecule has 2 aliphatic heterocycles. The van der Waals surface area contributed by atoms with Crippen LogP contribution in [0.2, 0.25) is 0 Å². The first-order valence-corrected chi connectivity index (χ1v) is 11.4. The molecule has 2 fully saturated rings. The second-order valence-electron chi connectivity index (χ2n) is 8.03. The third kappa shape index (κ3) is 3.84. The molecule has 0 spiro atoms. The molecule has 0 saturated carbocycles. The largest absolute Gasteiger partial charge is 0.386 e. The lowest BCUT2D eigenvalue weighted by atomic mass is 9.92. The van der Waals surface area contributed by atoms with E-state index < -0.39 is 6.10 Å². The lowest BCUT2D eigenvalue weighted by Gasteiger charge is -2.35. The minimum atomic E-state index is -0.541. The van der Waals surface area contributed by atoms with Gasteiger partial charge in [-0.25, -0.2) is 4.98 Å². The summed E-state index contributed by atoms with van der Waals surface area (Å²) in [5, 5.41) is 27.4. The Morgan fingerprint density at radius 3 is 2.83 bits per heavy atom. The highest BCUT2D eigenvalue weighted by Crippen LogP contribution is 2.35. The highest BCUT2D eigenvalue weighted by Gasteiger charge is 2.30. The topological polar surface area (TPSA) is 87.5 Å². The minimum Gasteiger partial charge on any atom is -0.386 e. The van der Waals surface area contributed by atoms with E-state index in [2.05, 4.69) is 48.4 Å². The summed E-state index contributed by atoms with van der Waals surface area (Å²) in [6.45, 7) is 6.88. The molecular weight excluding hydrogens is 400 g/mol. The summed E-state index contributed by atoms with van der Waals surface area (Å²) in [7, 11) is 0. The van der Waals surface area contributed by atoms with E-state index in [4.69, 9.17) is 4.74 Å². The van der Waals surface area contributed by atoms with Gasteiger partial charge in [0.15, 0.2) is 5.82 Å². The van der Waals surface area contributed by atoms with Crippen LogP contribution in [0, 0.1) is 12.8 Å². The zero-order valence-electron chi connectivity index (χ0n) is 17.1. The van der Waals surface area contributed by atoms with Gasteiger partial charge in [-0.15, -0.1) is 21.5 Å². The molecule has 30 heavy (non-hydrogen) atoms. The van der Waals surface area contributed by atoms with Gasteiger partial charge in [-0.3, -0.25) is 0 Å². The van der Waals surface area contributed by atoms with Crippen LogP contribution in [0.3, 0.4) is 0 Å². The number of morpholine rings is 1. The standard InChI is InChI=1S/C21H26N6O2S/c1-14-13-30-21(22-14)19(28)15-3-2-6-27(12-15)20-17-5-4-16(11-18(17)23-25-24-20)26-7-9-29-10-8-26/h4-5,11,13,15,19,28H,2-3,6-10,12H2,1H3/t15?,19-/m0/s1. The predicted molar refractivity (Wildman–Crippen MR) is 117 cm³/mol. The molecule has 2 aliphatic rings. The maximum atomic E-state index is 10.9. The van der Waals surface area contributed by atoms with E-state index in [-0.39, 0.29) is 5.92 Å². The third-order valence-corrected chi connectivity index (χ3v) is 7.02. The van der Waals surface area contributed by atoms with Crippen molar-refractivity contribution in [1.29, 1.82) is 0 Å². The molecule has 0 bridgehead atoms. The molecule has 1 N–H and O–H groups in total. The van der Waals surface area contributed by atoms with Crippen LogP contribution < -0.4 is 9.80 Å². The van der Waals surface area contributed by atoms with Crippen LogP contribution in [-0.2, 0) is 4.74 Å². The lowest BCUT2D eigenvalue weighted by Crippen LogP contribution is -2.38. The van der Waals surface area contributed by atoms with Crippen molar-refractivity contribution in [3.05, 3.63) is 34.3 Å². The van der Waals surface area contributed by atoms with Gasteiger partial charge in [-0.2, -0.15) is 0 Å². The molecule has 2 atom stereocenters. The third-order valence-electron chi connectivity index (χ3n) is 5.98. The number of benzene rings is 1. The summed E-state index contributed by atoms with van der Waals surface area (Å²) in [6, 6.07) is 6.32. The maximum Gasteiger partial charge on any atom is 0.162 e. The van der Waals surface area contributed by atoms with Crippen molar-refractivity contribution in [2.45, 2.75) is 25.9 Å². The van der Waals surface area contributed by atoms with Crippen LogP contribution in [0.25, 0.3) is 10.9 Å². The quantitative estimate of drug-likeness (QED) is 0.681. The van der Waals surface area contributed by atoms with Crippen LogP contribution in [0.5, 0.6) is 0 Å². The summed E-state index contributed by atoms with van der Waals surface area (Å²) < 4.78 is 5.46. The zero-order valence-corrected chi connectivity index (χ0v) is 17.9. The molecule has 3 aromatic rings. The van der Waals surface area contributed by atoms with Gasteiger partial charge < -0.3 is 19.6 Å². The van der Waals surface area contributed by atoms with Gasteiger partial charge in [0.25, 0.3) is 0 Å². The molecule has 2 aromatic heterocycles. The van der Waals surface area contributed by atoms with Gasteiger partial charge in [0.1, 0.15) is 16.6 Å². The fourth-order valence-electron chi connectivity index (χ4n) is 4.38. The molecule has 5 rings (SSSR count). The Morgan fingerprint density at radius 2 is 2.03 bits per heavy atom. The van der Waals surface area contributed by atoms with Gasteiger partial charge in [-0.1, -0.05) is 0 Å². The fourth-order valence-corrected chi connectivity index (χ4v) is 5.25. The lowest BCUT2D eigenvalue weighted by molar-refractivity contribution is 0.0976. The van der Waals surface area contributed by atoms with Crippen molar-refractivity contribution < 1.29 is 9.84 Å². The van der Waals surface area contributed by atoms with E-state index in [0.717, 1.165) is 85.3 Å². The van der Waals surface area contributed by atoms with Crippen LogP contribution in [0.15, 0.2) is 23.6 Å². The Balaban J connectivity index is 1.39. The van der Waals surface area contributed by atoms with E-state index in [0.29, 0.717) is 0 Å². The second-order valence-corrected chi connectivity index (χ2v) is 8.92. The van der Waals surface area contributed by atoms with Crippen molar-refractivity contribution in [3.63, 3.8) is 0 Å². The molecular formula is C21H26N6O2S. The number of hydrogen-bond donors (Lipinski definition) is 1. The predicted octanol–water partition coefficient (Wildman–Crippen LogP) is 2.58. The van der Waals surface area contributed by atoms with Crippen molar-refractivity contribution in [2.24, 2.45) is 5.92 Å². The van der Waals surface area contributed by atoms with Crippen LogP contribution in [0.4, 0.5) is 11.5 Å². The summed E-state index contributed by atoms with van der Waals surface area (Å²) in [5.41, 5.74) is 2.95. The number of aromatic nitrogens is 4. The van der Waals surface area contributed by atoms with Crippen LogP contribution in [-0.4, -0.2) is 64.9 Å². The van der Waals surface area contributed by atoms with E-state index in [9.17, 15) is 5.11 Å². The molecule has 2 saturated heterocycles. The number of fused-ring (bicyclic) bond motifs is 1. The molecule has 9 heteroatoms. The molecule has 8 nitrogen and oxygen atoms in total. The van der Waals surface area contributed by atoms with Crippen LogP contribution >= 0.6 is 11.3 Å². The molecule has 0 radical (unpaired) electrons. The summed E-state index contributed by atoms with van der Waals surface area (Å²) in [5.74, 6) is 0.975. The Hall–Kier alpha value is -2.36. The Morgan fingerprint density at radius 1 is 1.17 bits per heavy atom. The number of aliphatic hydroxyl groups excluding tert-OH is 1. The molecule has 158 valence electrons. The summed E-state index contributed by atoms with van der Waals surface area (Å²) in [6.07, 6.45) is 1.44. The van der Waals surface area contributed by atoms with Gasteiger partial charge in [0, 0.05) is 54.2 Å². The summed E-state index contributed by atoms with van der Waals surface area (Å²) in [4.78, 5) is 9.04. The monoisotopic (exact) mass is 426 g/mol. The number of aliphatic hydroxyl groups is 1. The zero-order chi connectivity index (χ0) is 20.5. The number of hydrogen-bond acceptors (Lipinski definition) is 9. The number of ether oxygens (including phenoxy) is 1. The molecule has 4 heterocycles. The van der Waals surface area contributed by atoms with Crippen molar-refractivity contribution in [1.82, 2.24) is 20.4 Å². The Bertz CT molecular complexity index is 1020. The van der Waals surface area contributed by atoms with E-state index in [1.165, 1.54) is 11.3 Å². The van der Waals surface area contributed by atoms with E-state index >= 15 is 0 Å². The molecule has 1 aromatic carbocycles. The SMILES string of the molecule is Cc1csc([C@@H](O)C2CCCN(c3nnnc4cc(N5CCOCC5)ccc34)C2)n1. The highest BCUT2D eigenvalue weighted by atomic mass is 32.1. The average molecular weight is 427 g/mol. The Kier molecular flexibility index (Phi) is 5.49. The average Bonchev–Trinajstić information content (AvgIpc) is 3.24.